The third kappa shape index (κ3) is 3.77. The van der Waals surface area contributed by atoms with E-state index in [4.69, 9.17) is 9.47 Å². The molecule has 3 aromatic carbocycles. The van der Waals surface area contributed by atoms with Crippen molar-refractivity contribution >= 4 is 23.4 Å². The van der Waals surface area contributed by atoms with Crippen LogP contribution in [0, 0.1) is 0 Å². The molecule has 0 radical (unpaired) electrons. The van der Waals surface area contributed by atoms with Crippen LogP contribution in [-0.2, 0) is 11.2 Å². The normalized spacial score (nSPS) is 15.9. The number of hydrogen-bond donors (Lipinski definition) is 1. The van der Waals surface area contributed by atoms with Crippen LogP contribution in [0.25, 0.3) is 0 Å². The number of nitrogens with zero attached hydrogens (tertiary/aromatic N) is 2. The van der Waals surface area contributed by atoms with Crippen LogP contribution >= 0.6 is 0 Å². The Morgan fingerprint density at radius 2 is 1.66 bits per heavy atom. The molecule has 3 amide bonds. The van der Waals surface area contributed by atoms with Gasteiger partial charge in [0, 0.05) is 12.1 Å². The number of nitrogens with one attached hydrogen (secondary N) is 1. The molecule has 1 atom stereocenters. The van der Waals surface area contributed by atoms with E-state index in [1.165, 1.54) is 19.1 Å². The largest absolute Gasteiger partial charge is 0.493 e. The van der Waals surface area contributed by atoms with Gasteiger partial charge in [0.25, 0.3) is 11.8 Å². The van der Waals surface area contributed by atoms with Crippen molar-refractivity contribution in [3.63, 3.8) is 0 Å². The maximum Gasteiger partial charge on any atom is 0.264 e. The van der Waals surface area contributed by atoms with Gasteiger partial charge in [0.2, 0.25) is 5.91 Å². The molecule has 0 saturated carbocycles. The van der Waals surface area contributed by atoms with Gasteiger partial charge in [0.05, 0.1) is 31.0 Å². The Balaban J connectivity index is 1.47. The second-order valence-electron chi connectivity index (χ2n) is 8.35. The van der Waals surface area contributed by atoms with Crippen molar-refractivity contribution in [2.24, 2.45) is 0 Å². The summed E-state index contributed by atoms with van der Waals surface area (Å²) >= 11 is 0. The fourth-order valence-corrected chi connectivity index (χ4v) is 4.79. The lowest BCUT2D eigenvalue weighted by atomic mass is 10.0. The maximum absolute atomic E-state index is 13.7. The van der Waals surface area contributed by atoms with Gasteiger partial charge in [-0.2, -0.15) is 0 Å². The lowest BCUT2D eigenvalue weighted by molar-refractivity contribution is -0.122. The number of hydrogen-bond acceptors (Lipinski definition) is 5. The van der Waals surface area contributed by atoms with E-state index in [9.17, 15) is 14.4 Å². The molecule has 178 valence electrons. The Morgan fingerprint density at radius 1 is 0.914 bits per heavy atom. The van der Waals surface area contributed by atoms with Gasteiger partial charge in [-0.1, -0.05) is 48.5 Å². The van der Waals surface area contributed by atoms with Crippen LogP contribution in [0.3, 0.4) is 0 Å². The molecule has 0 aliphatic carbocycles. The molecular formula is C27H25N3O5. The molecule has 0 spiro atoms. The number of methoxy groups -OCH3 is 2. The van der Waals surface area contributed by atoms with Gasteiger partial charge in [-0.25, -0.2) is 0 Å². The minimum absolute atomic E-state index is 0.190. The van der Waals surface area contributed by atoms with Gasteiger partial charge < -0.3 is 19.7 Å². The van der Waals surface area contributed by atoms with E-state index in [-0.39, 0.29) is 24.3 Å². The summed E-state index contributed by atoms with van der Waals surface area (Å²) in [7, 11) is 2.97. The van der Waals surface area contributed by atoms with E-state index >= 15 is 0 Å². The number of fused-ring (bicyclic) bond motifs is 5. The number of anilines is 1. The number of amides is 3. The molecule has 2 heterocycles. The first-order chi connectivity index (χ1) is 17.0. The SMILES string of the molecule is COc1ccc2c(c1OC)C(=O)N1c3ccccc3C(=O)N(CC(=O)NCCc3ccccc3)[C@@H]21. The summed E-state index contributed by atoms with van der Waals surface area (Å²) in [5, 5.41) is 2.90. The Labute approximate surface area is 203 Å². The number of rotatable bonds is 7. The fraction of sp³-hybridized carbons (Fsp3) is 0.222. The maximum atomic E-state index is 13.7. The Hall–Kier alpha value is -4.33. The predicted octanol–water partition coefficient (Wildman–Crippen LogP) is 3.18. The molecular weight excluding hydrogens is 446 g/mol. The van der Waals surface area contributed by atoms with E-state index in [0.29, 0.717) is 46.8 Å². The zero-order chi connectivity index (χ0) is 24.5. The topological polar surface area (TPSA) is 88.2 Å². The third-order valence-corrected chi connectivity index (χ3v) is 6.38. The van der Waals surface area contributed by atoms with Crippen LogP contribution in [0.4, 0.5) is 5.69 Å². The highest BCUT2D eigenvalue weighted by Crippen LogP contribution is 2.49. The summed E-state index contributed by atoms with van der Waals surface area (Å²) in [6.07, 6.45) is -0.0865. The van der Waals surface area contributed by atoms with Gasteiger partial charge in [0.1, 0.15) is 12.7 Å². The Morgan fingerprint density at radius 3 is 2.40 bits per heavy atom. The van der Waals surface area contributed by atoms with Gasteiger partial charge in [-0.05, 0) is 30.2 Å². The van der Waals surface area contributed by atoms with Crippen LogP contribution in [0.15, 0.2) is 66.7 Å². The highest BCUT2D eigenvalue weighted by molar-refractivity contribution is 6.18. The Kier molecular flexibility index (Phi) is 5.86. The van der Waals surface area contributed by atoms with Crippen molar-refractivity contribution in [2.75, 3.05) is 32.2 Å². The fourth-order valence-electron chi connectivity index (χ4n) is 4.79. The second kappa shape index (κ2) is 9.13. The number of benzene rings is 3. The number of carbonyl (C=O) groups is 3. The zero-order valence-electron chi connectivity index (χ0n) is 19.5. The van der Waals surface area contributed by atoms with Gasteiger partial charge >= 0.3 is 0 Å². The summed E-state index contributed by atoms with van der Waals surface area (Å²) in [4.78, 5) is 43.1. The van der Waals surface area contributed by atoms with Crippen LogP contribution in [0.5, 0.6) is 11.5 Å². The summed E-state index contributed by atoms with van der Waals surface area (Å²) in [5.41, 5.74) is 2.90. The van der Waals surface area contributed by atoms with Gasteiger partial charge in [-0.15, -0.1) is 0 Å². The first-order valence-electron chi connectivity index (χ1n) is 11.3. The van der Waals surface area contributed by atoms with Crippen molar-refractivity contribution in [3.8, 4) is 11.5 Å². The standard InChI is InChI=1S/C27H25N3O5/c1-34-21-13-12-19-23(24(21)35-2)27(33)30-20-11-7-6-10-18(20)26(32)29(25(19)30)16-22(31)28-15-14-17-8-4-3-5-9-17/h3-13,25H,14-16H2,1-2H3,(H,28,31)/t25-/m1/s1. The summed E-state index contributed by atoms with van der Waals surface area (Å²) in [5.74, 6) is -0.188. The molecule has 35 heavy (non-hydrogen) atoms. The van der Waals surface area contributed by atoms with Crippen molar-refractivity contribution in [2.45, 2.75) is 12.6 Å². The summed E-state index contributed by atoms with van der Waals surface area (Å²) in [6.45, 7) is 0.251. The van der Waals surface area contributed by atoms with Crippen LogP contribution < -0.4 is 19.7 Å². The molecule has 8 heteroatoms. The summed E-state index contributed by atoms with van der Waals surface area (Å²) in [6, 6.07) is 20.2. The van der Waals surface area contributed by atoms with E-state index < -0.39 is 6.17 Å². The number of carbonyl (C=O) groups excluding carboxylic acids is 3. The molecule has 5 rings (SSSR count). The van der Waals surface area contributed by atoms with E-state index in [0.717, 1.165) is 5.56 Å². The van der Waals surface area contributed by atoms with E-state index in [2.05, 4.69) is 5.32 Å². The molecule has 2 aliphatic heterocycles. The molecule has 2 aliphatic rings. The number of para-hydroxylation sites is 1. The average molecular weight is 472 g/mol. The molecule has 0 unspecified atom stereocenters. The predicted molar refractivity (Wildman–Crippen MR) is 130 cm³/mol. The van der Waals surface area contributed by atoms with E-state index in [1.807, 2.05) is 30.3 Å². The zero-order valence-corrected chi connectivity index (χ0v) is 19.5. The lowest BCUT2D eigenvalue weighted by Gasteiger charge is -2.40. The smallest absolute Gasteiger partial charge is 0.264 e. The summed E-state index contributed by atoms with van der Waals surface area (Å²) < 4.78 is 10.9. The quantitative estimate of drug-likeness (QED) is 0.572. The van der Waals surface area contributed by atoms with Crippen molar-refractivity contribution < 1.29 is 23.9 Å². The third-order valence-electron chi connectivity index (χ3n) is 6.38. The average Bonchev–Trinajstić information content (AvgIpc) is 3.19. The molecule has 1 N–H and O–H groups in total. The molecule has 3 aromatic rings. The monoisotopic (exact) mass is 471 g/mol. The molecule has 0 saturated heterocycles. The number of ether oxygens (including phenoxy) is 2. The minimum Gasteiger partial charge on any atom is -0.493 e. The second-order valence-corrected chi connectivity index (χ2v) is 8.35. The van der Waals surface area contributed by atoms with Gasteiger partial charge in [0.15, 0.2) is 11.5 Å². The molecule has 0 aromatic heterocycles. The van der Waals surface area contributed by atoms with Crippen molar-refractivity contribution in [1.82, 2.24) is 10.2 Å². The van der Waals surface area contributed by atoms with Crippen molar-refractivity contribution in [1.29, 1.82) is 0 Å². The Bertz CT molecular complexity index is 1310. The first kappa shape index (κ1) is 22.5. The highest BCUT2D eigenvalue weighted by atomic mass is 16.5. The molecule has 8 nitrogen and oxygen atoms in total. The van der Waals surface area contributed by atoms with Gasteiger partial charge in [-0.3, -0.25) is 19.3 Å². The van der Waals surface area contributed by atoms with Crippen LogP contribution in [0.1, 0.15) is 38.0 Å². The minimum atomic E-state index is -0.764. The lowest BCUT2D eigenvalue weighted by Crippen LogP contribution is -2.51. The highest BCUT2D eigenvalue weighted by Gasteiger charge is 2.50. The van der Waals surface area contributed by atoms with Crippen LogP contribution in [-0.4, -0.2) is 49.9 Å². The molecule has 0 bridgehead atoms. The van der Waals surface area contributed by atoms with E-state index in [1.54, 1.807) is 41.3 Å². The van der Waals surface area contributed by atoms with Crippen molar-refractivity contribution in [3.05, 3.63) is 89.0 Å². The first-order valence-corrected chi connectivity index (χ1v) is 11.3. The molecule has 0 fully saturated rings. The van der Waals surface area contributed by atoms with Crippen LogP contribution in [0.2, 0.25) is 0 Å².